The summed E-state index contributed by atoms with van der Waals surface area (Å²) in [4.78, 5) is 7.80. The van der Waals surface area contributed by atoms with Crippen molar-refractivity contribution in [2.75, 3.05) is 10.7 Å². The molecule has 1 heterocycles. The first-order valence-corrected chi connectivity index (χ1v) is 5.23. The van der Waals surface area contributed by atoms with Crippen LogP contribution in [-0.4, -0.2) is 9.97 Å². The molecule has 0 bridgehead atoms. The van der Waals surface area contributed by atoms with E-state index in [-0.39, 0.29) is 17.5 Å². The van der Waals surface area contributed by atoms with Crippen LogP contribution in [0.1, 0.15) is 5.69 Å². The largest absolute Gasteiger partial charge is 0.337 e. The fourth-order valence-corrected chi connectivity index (χ4v) is 1.48. The molecular weight excluding hydrogens is 259 g/mol. The van der Waals surface area contributed by atoms with E-state index in [2.05, 4.69) is 20.7 Å². The number of hydrazine groups is 1. The maximum absolute atomic E-state index is 13.5. The molecule has 8 heteroatoms. The standard InChI is InChI=1S/C11H10F3N5/c1-5-2-9(18-11(16-5)19-15)17-8-4-6(12)3-7(13)10(8)14/h2-4H,15H2,1H3,(H2,16,17,18,19). The van der Waals surface area contributed by atoms with Gasteiger partial charge in [0.1, 0.15) is 11.6 Å². The van der Waals surface area contributed by atoms with E-state index in [1.54, 1.807) is 6.92 Å². The lowest BCUT2D eigenvalue weighted by atomic mass is 10.2. The third kappa shape index (κ3) is 2.91. The topological polar surface area (TPSA) is 75.9 Å². The number of nitrogens with zero attached hydrogens (tertiary/aromatic N) is 2. The summed E-state index contributed by atoms with van der Waals surface area (Å²) in [5.74, 6) is 2.04. The summed E-state index contributed by atoms with van der Waals surface area (Å²) >= 11 is 0. The van der Waals surface area contributed by atoms with Crippen molar-refractivity contribution < 1.29 is 13.2 Å². The molecule has 100 valence electrons. The summed E-state index contributed by atoms with van der Waals surface area (Å²) in [5, 5.41) is 2.47. The summed E-state index contributed by atoms with van der Waals surface area (Å²) in [6.45, 7) is 1.66. The molecule has 0 saturated carbocycles. The van der Waals surface area contributed by atoms with E-state index in [0.717, 1.165) is 6.07 Å². The normalized spacial score (nSPS) is 10.4. The van der Waals surface area contributed by atoms with Crippen LogP contribution in [0.2, 0.25) is 0 Å². The molecule has 0 fully saturated rings. The third-order valence-corrected chi connectivity index (χ3v) is 2.24. The number of aryl methyl sites for hydroxylation is 1. The second-order valence-electron chi connectivity index (χ2n) is 3.74. The Labute approximate surface area is 106 Å². The number of rotatable bonds is 3. The number of nitrogens with two attached hydrogens (primary N) is 1. The van der Waals surface area contributed by atoms with Crippen molar-refractivity contribution in [3.63, 3.8) is 0 Å². The van der Waals surface area contributed by atoms with Gasteiger partial charge >= 0.3 is 0 Å². The zero-order valence-electron chi connectivity index (χ0n) is 9.84. The van der Waals surface area contributed by atoms with Gasteiger partial charge < -0.3 is 5.32 Å². The van der Waals surface area contributed by atoms with E-state index in [0.29, 0.717) is 11.8 Å². The second kappa shape index (κ2) is 5.11. The van der Waals surface area contributed by atoms with E-state index in [1.807, 2.05) is 0 Å². The number of hydrogen-bond acceptors (Lipinski definition) is 5. The van der Waals surface area contributed by atoms with E-state index in [9.17, 15) is 13.2 Å². The molecule has 0 aliphatic rings. The fourth-order valence-electron chi connectivity index (χ4n) is 1.48. The van der Waals surface area contributed by atoms with Crippen molar-refractivity contribution >= 4 is 17.5 Å². The summed E-state index contributed by atoms with van der Waals surface area (Å²) in [6.07, 6.45) is 0. The smallest absolute Gasteiger partial charge is 0.239 e. The van der Waals surface area contributed by atoms with Gasteiger partial charge in [0.05, 0.1) is 5.69 Å². The molecule has 1 aromatic heterocycles. The zero-order valence-corrected chi connectivity index (χ0v) is 9.84. The Balaban J connectivity index is 2.38. The molecule has 0 saturated heterocycles. The van der Waals surface area contributed by atoms with Crippen molar-refractivity contribution in [1.82, 2.24) is 9.97 Å². The average molecular weight is 269 g/mol. The van der Waals surface area contributed by atoms with Crippen LogP contribution in [0.4, 0.5) is 30.6 Å². The minimum Gasteiger partial charge on any atom is -0.337 e. The predicted octanol–water partition coefficient (Wildman–Crippen LogP) is 2.23. The zero-order chi connectivity index (χ0) is 14.0. The molecule has 0 amide bonds. The molecule has 1 aromatic carbocycles. The highest BCUT2D eigenvalue weighted by Crippen LogP contribution is 2.23. The van der Waals surface area contributed by atoms with Gasteiger partial charge in [-0.2, -0.15) is 4.98 Å². The molecule has 0 spiro atoms. The van der Waals surface area contributed by atoms with Crippen LogP contribution < -0.4 is 16.6 Å². The fraction of sp³-hybridized carbons (Fsp3) is 0.0909. The Morgan fingerprint density at radius 2 is 1.84 bits per heavy atom. The molecule has 0 aliphatic carbocycles. The highest BCUT2D eigenvalue weighted by Gasteiger charge is 2.12. The Hall–Kier alpha value is -2.35. The number of nitrogens with one attached hydrogen (secondary N) is 2. The average Bonchev–Trinajstić information content (AvgIpc) is 2.34. The van der Waals surface area contributed by atoms with Gasteiger partial charge in [-0.25, -0.2) is 24.0 Å². The lowest BCUT2D eigenvalue weighted by Crippen LogP contribution is -2.12. The van der Waals surface area contributed by atoms with Gasteiger partial charge in [-0.3, -0.25) is 5.43 Å². The summed E-state index contributed by atoms with van der Waals surface area (Å²) < 4.78 is 39.5. The minimum atomic E-state index is -1.29. The molecular formula is C11H10F3N5. The summed E-state index contributed by atoms with van der Waals surface area (Å²) in [6, 6.07) is 2.76. The Morgan fingerprint density at radius 3 is 2.53 bits per heavy atom. The highest BCUT2D eigenvalue weighted by molar-refractivity contribution is 5.58. The molecule has 4 N–H and O–H groups in total. The van der Waals surface area contributed by atoms with E-state index in [1.165, 1.54) is 6.07 Å². The number of halogens is 3. The van der Waals surface area contributed by atoms with Gasteiger partial charge in [0.2, 0.25) is 5.95 Å². The molecule has 0 aliphatic heterocycles. The van der Waals surface area contributed by atoms with Crippen LogP contribution in [0.3, 0.4) is 0 Å². The van der Waals surface area contributed by atoms with Gasteiger partial charge in [0.15, 0.2) is 11.6 Å². The van der Waals surface area contributed by atoms with Crippen LogP contribution in [0, 0.1) is 24.4 Å². The van der Waals surface area contributed by atoms with Crippen LogP contribution >= 0.6 is 0 Å². The number of benzene rings is 1. The summed E-state index contributed by atoms with van der Waals surface area (Å²) in [5.41, 5.74) is 2.41. The molecule has 2 aromatic rings. The van der Waals surface area contributed by atoms with Crippen LogP contribution in [0.25, 0.3) is 0 Å². The molecule has 0 radical (unpaired) electrons. The lowest BCUT2D eigenvalue weighted by Gasteiger charge is -2.09. The van der Waals surface area contributed by atoms with Gasteiger partial charge in [-0.05, 0) is 6.92 Å². The predicted molar refractivity (Wildman–Crippen MR) is 64.2 cm³/mol. The third-order valence-electron chi connectivity index (χ3n) is 2.24. The number of nitrogen functional groups attached to an aromatic ring is 1. The van der Waals surface area contributed by atoms with E-state index < -0.39 is 17.5 Å². The highest BCUT2D eigenvalue weighted by atomic mass is 19.2. The monoisotopic (exact) mass is 269 g/mol. The number of hydrogen-bond donors (Lipinski definition) is 3. The molecule has 0 unspecified atom stereocenters. The van der Waals surface area contributed by atoms with Crippen LogP contribution in [-0.2, 0) is 0 Å². The maximum atomic E-state index is 13.5. The van der Waals surface area contributed by atoms with Crippen molar-refractivity contribution in [2.24, 2.45) is 5.84 Å². The Morgan fingerprint density at radius 1 is 1.11 bits per heavy atom. The second-order valence-corrected chi connectivity index (χ2v) is 3.74. The molecule has 19 heavy (non-hydrogen) atoms. The summed E-state index contributed by atoms with van der Waals surface area (Å²) in [7, 11) is 0. The van der Waals surface area contributed by atoms with E-state index >= 15 is 0 Å². The number of aromatic nitrogens is 2. The number of anilines is 3. The van der Waals surface area contributed by atoms with Crippen molar-refractivity contribution in [1.29, 1.82) is 0 Å². The first-order chi connectivity index (χ1) is 8.99. The van der Waals surface area contributed by atoms with Gasteiger partial charge in [-0.15, -0.1) is 0 Å². The Kier molecular flexibility index (Phi) is 3.52. The van der Waals surface area contributed by atoms with E-state index in [4.69, 9.17) is 5.84 Å². The molecule has 0 atom stereocenters. The first-order valence-electron chi connectivity index (χ1n) is 5.23. The van der Waals surface area contributed by atoms with Crippen molar-refractivity contribution in [3.05, 3.63) is 41.3 Å². The quantitative estimate of drug-likeness (QED) is 0.452. The van der Waals surface area contributed by atoms with Gasteiger partial charge in [-0.1, -0.05) is 0 Å². The van der Waals surface area contributed by atoms with Crippen LogP contribution in [0.15, 0.2) is 18.2 Å². The molecule has 2 rings (SSSR count). The van der Waals surface area contributed by atoms with Crippen LogP contribution in [0.5, 0.6) is 0 Å². The minimum absolute atomic E-state index is 0.0970. The van der Waals surface area contributed by atoms with Crippen molar-refractivity contribution in [2.45, 2.75) is 6.92 Å². The lowest BCUT2D eigenvalue weighted by molar-refractivity contribution is 0.498. The first kappa shape index (κ1) is 13.1. The molecule has 5 nitrogen and oxygen atoms in total. The van der Waals surface area contributed by atoms with Gasteiger partial charge in [0.25, 0.3) is 0 Å². The SMILES string of the molecule is Cc1cc(Nc2cc(F)cc(F)c2F)nc(NN)n1. The van der Waals surface area contributed by atoms with Crippen molar-refractivity contribution in [3.8, 4) is 0 Å². The maximum Gasteiger partial charge on any atom is 0.239 e. The Bertz CT molecular complexity index is 618. The van der Waals surface area contributed by atoms with Gasteiger partial charge in [0, 0.05) is 23.9 Å².